The fraction of sp³-hybridized carbons (Fsp3) is 0.176. The maximum absolute atomic E-state index is 11.1. The molecule has 0 aliphatic heterocycles. The van der Waals surface area contributed by atoms with Crippen molar-refractivity contribution in [1.82, 2.24) is 4.57 Å². The summed E-state index contributed by atoms with van der Waals surface area (Å²) in [5, 5.41) is 25.1. The Hall–Kier alpha value is -2.65. The van der Waals surface area contributed by atoms with Crippen LogP contribution < -0.4 is 5.49 Å². The number of hydrogen-bond acceptors (Lipinski definition) is 5. The Balaban J connectivity index is 2.38. The highest BCUT2D eigenvalue weighted by molar-refractivity contribution is 8.01. The number of pyridine rings is 1. The third-order valence-corrected chi connectivity index (χ3v) is 4.21. The zero-order valence-electron chi connectivity index (χ0n) is 12.8. The Morgan fingerprint density at radius 3 is 2.48 bits per heavy atom. The Morgan fingerprint density at radius 1 is 1.26 bits per heavy atom. The quantitative estimate of drug-likeness (QED) is 0.392. The lowest BCUT2D eigenvalue weighted by Gasteiger charge is -2.17. The molecular weight excluding hydrogens is 308 g/mol. The van der Waals surface area contributed by atoms with Crippen LogP contribution in [0.1, 0.15) is 25.0 Å². The van der Waals surface area contributed by atoms with E-state index in [9.17, 15) is 4.79 Å². The van der Waals surface area contributed by atoms with Gasteiger partial charge in [0.05, 0.1) is 16.4 Å². The minimum Gasteiger partial charge on any atom is -0.302 e. The number of carbonyl (C=O) groups is 1. The molecule has 1 aromatic heterocycles. The van der Waals surface area contributed by atoms with Gasteiger partial charge in [-0.05, 0) is 50.2 Å². The lowest BCUT2D eigenvalue weighted by atomic mass is 10.1. The number of nitrogens with one attached hydrogen (secondary N) is 2. The lowest BCUT2D eigenvalue weighted by Crippen LogP contribution is -2.27. The van der Waals surface area contributed by atoms with Gasteiger partial charge in [0.1, 0.15) is 17.6 Å². The van der Waals surface area contributed by atoms with Crippen LogP contribution in [-0.2, 0) is 4.79 Å². The van der Waals surface area contributed by atoms with Gasteiger partial charge in [-0.3, -0.25) is 15.4 Å². The van der Waals surface area contributed by atoms with Gasteiger partial charge >= 0.3 is 0 Å². The fourth-order valence-corrected chi connectivity index (χ4v) is 2.85. The van der Waals surface area contributed by atoms with E-state index < -0.39 is 4.75 Å². The third kappa shape index (κ3) is 3.96. The van der Waals surface area contributed by atoms with Gasteiger partial charge in [0, 0.05) is 16.7 Å². The molecule has 5 nitrogen and oxygen atoms in total. The second-order valence-corrected chi connectivity index (χ2v) is 7.21. The van der Waals surface area contributed by atoms with Crippen LogP contribution in [0.25, 0.3) is 0 Å². The predicted molar refractivity (Wildman–Crippen MR) is 89.7 cm³/mol. The van der Waals surface area contributed by atoms with E-state index >= 15 is 0 Å². The van der Waals surface area contributed by atoms with Crippen LogP contribution in [0.4, 0.5) is 0 Å². The smallest absolute Gasteiger partial charge is 0.137 e. The number of nitriles is 1. The zero-order chi connectivity index (χ0) is 17.0. The molecule has 0 fully saturated rings. The van der Waals surface area contributed by atoms with E-state index in [0.717, 1.165) is 11.2 Å². The molecule has 0 amide bonds. The molecule has 6 heteroatoms. The van der Waals surface area contributed by atoms with Crippen molar-refractivity contribution >= 4 is 23.9 Å². The molecule has 0 aliphatic rings. The van der Waals surface area contributed by atoms with Crippen LogP contribution in [0, 0.1) is 22.1 Å². The van der Waals surface area contributed by atoms with Gasteiger partial charge in [-0.15, -0.1) is 11.8 Å². The van der Waals surface area contributed by atoms with Crippen LogP contribution in [0.15, 0.2) is 47.5 Å². The van der Waals surface area contributed by atoms with Crippen LogP contribution >= 0.6 is 11.8 Å². The molecular formula is C17H16N4OS. The minimum atomic E-state index is -0.571. The maximum atomic E-state index is 11.1. The van der Waals surface area contributed by atoms with Gasteiger partial charge in [0.15, 0.2) is 0 Å². The summed E-state index contributed by atoms with van der Waals surface area (Å²) in [7, 11) is 0. The SMILES string of the molecule is CC(C)(C=O)Sc1ccc(=N)n(C(=N)c2ccc(C#N)cc2)c1. The molecule has 2 N–H and O–H groups in total. The van der Waals surface area contributed by atoms with Crippen molar-refractivity contribution < 1.29 is 4.79 Å². The Labute approximate surface area is 138 Å². The number of benzene rings is 1. The van der Waals surface area contributed by atoms with Gasteiger partial charge < -0.3 is 4.79 Å². The van der Waals surface area contributed by atoms with Gasteiger partial charge in [-0.2, -0.15) is 5.26 Å². The summed E-state index contributed by atoms with van der Waals surface area (Å²) in [6.07, 6.45) is 2.56. The summed E-state index contributed by atoms with van der Waals surface area (Å²) in [4.78, 5) is 11.9. The van der Waals surface area contributed by atoms with Crippen molar-refractivity contribution in [2.75, 3.05) is 0 Å². The molecule has 0 unspecified atom stereocenters. The number of nitrogens with zero attached hydrogens (tertiary/aromatic N) is 2. The van der Waals surface area contributed by atoms with Crippen molar-refractivity contribution in [2.24, 2.45) is 0 Å². The first-order valence-electron chi connectivity index (χ1n) is 6.88. The highest BCUT2D eigenvalue weighted by Gasteiger charge is 2.18. The van der Waals surface area contributed by atoms with E-state index in [2.05, 4.69) is 0 Å². The Morgan fingerprint density at radius 2 is 1.91 bits per heavy atom. The van der Waals surface area contributed by atoms with Gasteiger partial charge in [0.25, 0.3) is 0 Å². The summed E-state index contributed by atoms with van der Waals surface area (Å²) in [6.45, 7) is 3.63. The molecule has 0 spiro atoms. The number of hydrogen-bond donors (Lipinski definition) is 2. The van der Waals surface area contributed by atoms with E-state index in [1.165, 1.54) is 16.3 Å². The largest absolute Gasteiger partial charge is 0.302 e. The lowest BCUT2D eigenvalue weighted by molar-refractivity contribution is -0.109. The number of aromatic nitrogens is 1. The highest BCUT2D eigenvalue weighted by atomic mass is 32.2. The fourth-order valence-electron chi connectivity index (χ4n) is 1.90. The zero-order valence-corrected chi connectivity index (χ0v) is 13.6. The van der Waals surface area contributed by atoms with Crippen molar-refractivity contribution in [3.8, 4) is 6.07 Å². The number of carbonyl (C=O) groups excluding carboxylic acids is 1. The first kappa shape index (κ1) is 16.7. The normalized spacial score (nSPS) is 10.8. The average molecular weight is 324 g/mol. The number of aldehydes is 1. The molecule has 0 saturated carbocycles. The molecule has 0 aliphatic carbocycles. The molecule has 2 rings (SSSR count). The molecule has 0 radical (unpaired) electrons. The number of thioether (sulfide) groups is 1. The van der Waals surface area contributed by atoms with Crippen LogP contribution in [-0.4, -0.2) is 21.4 Å². The Kier molecular flexibility index (Phi) is 4.82. The molecule has 0 bridgehead atoms. The van der Waals surface area contributed by atoms with Crippen LogP contribution in [0.5, 0.6) is 0 Å². The predicted octanol–water partition coefficient (Wildman–Crippen LogP) is 2.78. The molecule has 0 saturated heterocycles. The van der Waals surface area contributed by atoms with Crippen molar-refractivity contribution in [2.45, 2.75) is 23.5 Å². The van der Waals surface area contributed by atoms with Crippen LogP contribution in [0.3, 0.4) is 0 Å². The van der Waals surface area contributed by atoms with Gasteiger partial charge in [0.2, 0.25) is 0 Å². The molecule has 1 heterocycles. The molecule has 0 atom stereocenters. The summed E-state index contributed by atoms with van der Waals surface area (Å²) in [6, 6.07) is 12.0. The van der Waals surface area contributed by atoms with Crippen LogP contribution in [0.2, 0.25) is 0 Å². The molecule has 116 valence electrons. The van der Waals surface area contributed by atoms with E-state index in [1.54, 1.807) is 42.6 Å². The monoisotopic (exact) mass is 324 g/mol. The molecule has 23 heavy (non-hydrogen) atoms. The number of rotatable bonds is 4. The van der Waals surface area contributed by atoms with Gasteiger partial charge in [-0.25, -0.2) is 0 Å². The van der Waals surface area contributed by atoms with E-state index in [4.69, 9.17) is 16.1 Å². The average Bonchev–Trinajstić information content (AvgIpc) is 2.56. The maximum Gasteiger partial charge on any atom is 0.137 e. The Bertz CT molecular complexity index is 844. The minimum absolute atomic E-state index is 0.144. The summed E-state index contributed by atoms with van der Waals surface area (Å²) in [5.74, 6) is 0.144. The van der Waals surface area contributed by atoms with E-state index in [-0.39, 0.29) is 11.3 Å². The molecule has 1 aromatic carbocycles. The summed E-state index contributed by atoms with van der Waals surface area (Å²) in [5.41, 5.74) is 1.31. The van der Waals surface area contributed by atoms with E-state index in [0.29, 0.717) is 11.1 Å². The van der Waals surface area contributed by atoms with Crippen molar-refractivity contribution in [3.63, 3.8) is 0 Å². The van der Waals surface area contributed by atoms with Crippen molar-refractivity contribution in [1.29, 1.82) is 16.1 Å². The second-order valence-electron chi connectivity index (χ2n) is 5.48. The molecule has 2 aromatic rings. The third-order valence-electron chi connectivity index (χ3n) is 3.11. The second kappa shape index (κ2) is 6.63. The van der Waals surface area contributed by atoms with Crippen molar-refractivity contribution in [3.05, 3.63) is 59.2 Å². The first-order valence-corrected chi connectivity index (χ1v) is 7.70. The standard InChI is InChI=1S/C17H16N4OS/c1-17(2,11-22)23-14-7-8-15(19)21(10-14)16(20)13-5-3-12(9-18)4-6-13/h3-8,10-11,19-20H,1-2H3. The highest BCUT2D eigenvalue weighted by Crippen LogP contribution is 2.29. The van der Waals surface area contributed by atoms with E-state index in [1.807, 2.05) is 19.9 Å². The topological polar surface area (TPSA) is 93.5 Å². The first-order chi connectivity index (χ1) is 10.9. The summed E-state index contributed by atoms with van der Waals surface area (Å²) < 4.78 is 0.878. The van der Waals surface area contributed by atoms with Gasteiger partial charge in [-0.1, -0.05) is 0 Å². The summed E-state index contributed by atoms with van der Waals surface area (Å²) >= 11 is 1.38.